The summed E-state index contributed by atoms with van der Waals surface area (Å²) in [5.41, 5.74) is 18.7. The predicted octanol–water partition coefficient (Wildman–Crippen LogP) is 16.8. The molecular formula is C62H50N2. The SMILES string of the molecule is CC1(C)c2ccccc2-c2ccc(N(c3ccc(-c4ccc5ccccc5c4)cc3)c3ccc4c(c3)C(C)(C)c3cc5ccccc5c(N(c5ccccc5)C5C=CC=CC5)c3-4)cc21. The van der Waals surface area contributed by atoms with Crippen molar-refractivity contribution in [3.63, 3.8) is 0 Å². The van der Waals surface area contributed by atoms with Crippen molar-refractivity contribution >= 4 is 50.0 Å². The lowest BCUT2D eigenvalue weighted by Crippen LogP contribution is -2.30. The average molecular weight is 823 g/mol. The Morgan fingerprint density at radius 2 is 1.03 bits per heavy atom. The zero-order chi connectivity index (χ0) is 43.2. The number of allylic oxidation sites excluding steroid dienone is 2. The van der Waals surface area contributed by atoms with Crippen LogP contribution in [-0.4, -0.2) is 6.04 Å². The van der Waals surface area contributed by atoms with Crippen LogP contribution in [0.15, 0.2) is 212 Å². The molecule has 9 aromatic rings. The van der Waals surface area contributed by atoms with Crippen molar-refractivity contribution in [2.24, 2.45) is 0 Å². The second-order valence-corrected chi connectivity index (χ2v) is 18.9. The van der Waals surface area contributed by atoms with Gasteiger partial charge < -0.3 is 9.80 Å². The summed E-state index contributed by atoms with van der Waals surface area (Å²) in [7, 11) is 0. The van der Waals surface area contributed by atoms with E-state index in [9.17, 15) is 0 Å². The largest absolute Gasteiger partial charge is 0.333 e. The van der Waals surface area contributed by atoms with Crippen LogP contribution in [0.5, 0.6) is 0 Å². The molecule has 3 aliphatic carbocycles. The van der Waals surface area contributed by atoms with Gasteiger partial charge in [0.1, 0.15) is 0 Å². The molecule has 1 atom stereocenters. The molecule has 0 N–H and O–H groups in total. The molecule has 2 nitrogen and oxygen atoms in total. The summed E-state index contributed by atoms with van der Waals surface area (Å²) in [5.74, 6) is 0. The molecule has 0 fully saturated rings. The Labute approximate surface area is 377 Å². The molecule has 0 aromatic heterocycles. The molecule has 0 amide bonds. The van der Waals surface area contributed by atoms with Crippen LogP contribution in [-0.2, 0) is 10.8 Å². The Morgan fingerprint density at radius 1 is 0.422 bits per heavy atom. The first-order valence-electron chi connectivity index (χ1n) is 22.8. The molecule has 0 bridgehead atoms. The van der Waals surface area contributed by atoms with Gasteiger partial charge in [0.05, 0.1) is 11.7 Å². The van der Waals surface area contributed by atoms with Gasteiger partial charge in [-0.3, -0.25) is 0 Å². The maximum absolute atomic E-state index is 2.61. The minimum absolute atomic E-state index is 0.124. The van der Waals surface area contributed by atoms with E-state index in [1.165, 1.54) is 88.6 Å². The summed E-state index contributed by atoms with van der Waals surface area (Å²) < 4.78 is 0. The fourth-order valence-electron chi connectivity index (χ4n) is 11.2. The Kier molecular flexibility index (Phi) is 8.72. The number of nitrogens with zero attached hydrogens (tertiary/aromatic N) is 2. The molecule has 2 heteroatoms. The molecule has 0 saturated carbocycles. The van der Waals surface area contributed by atoms with E-state index in [4.69, 9.17) is 0 Å². The molecule has 0 radical (unpaired) electrons. The first kappa shape index (κ1) is 38.3. The average Bonchev–Trinajstić information content (AvgIpc) is 3.71. The summed E-state index contributed by atoms with van der Waals surface area (Å²) >= 11 is 0. The van der Waals surface area contributed by atoms with Crippen molar-refractivity contribution in [2.75, 3.05) is 9.80 Å². The molecule has 0 saturated heterocycles. The second kappa shape index (κ2) is 14.6. The van der Waals surface area contributed by atoms with Gasteiger partial charge in [0.15, 0.2) is 0 Å². The second-order valence-electron chi connectivity index (χ2n) is 18.9. The van der Waals surface area contributed by atoms with Gasteiger partial charge in [0.2, 0.25) is 0 Å². The third-order valence-corrected chi connectivity index (χ3v) is 14.5. The molecule has 0 aliphatic heterocycles. The maximum atomic E-state index is 2.61. The first-order valence-corrected chi connectivity index (χ1v) is 22.8. The third-order valence-electron chi connectivity index (χ3n) is 14.5. The zero-order valence-corrected chi connectivity index (χ0v) is 36.9. The van der Waals surface area contributed by atoms with Gasteiger partial charge in [-0.05, 0) is 133 Å². The highest BCUT2D eigenvalue weighted by molar-refractivity contribution is 6.08. The van der Waals surface area contributed by atoms with E-state index in [1.54, 1.807) is 0 Å². The van der Waals surface area contributed by atoms with Crippen LogP contribution < -0.4 is 9.80 Å². The van der Waals surface area contributed by atoms with E-state index in [1.807, 2.05) is 0 Å². The van der Waals surface area contributed by atoms with E-state index >= 15 is 0 Å². The molecule has 308 valence electrons. The lowest BCUT2D eigenvalue weighted by atomic mass is 9.81. The predicted molar refractivity (Wildman–Crippen MR) is 272 cm³/mol. The number of hydrogen-bond acceptors (Lipinski definition) is 2. The van der Waals surface area contributed by atoms with Gasteiger partial charge >= 0.3 is 0 Å². The van der Waals surface area contributed by atoms with Crippen LogP contribution in [0.4, 0.5) is 28.4 Å². The van der Waals surface area contributed by atoms with E-state index in [0.29, 0.717) is 0 Å². The van der Waals surface area contributed by atoms with Crippen LogP contribution in [0.2, 0.25) is 0 Å². The summed E-state index contributed by atoms with van der Waals surface area (Å²) in [6.45, 7) is 9.60. The van der Waals surface area contributed by atoms with Crippen LogP contribution in [0.3, 0.4) is 0 Å². The standard InChI is InChI=1S/C62H50N2/c1-61(2)55-26-16-15-25-52(55)53-35-33-49(39-56(53)61)63(48-31-29-42(30-32-48)44-28-27-41-17-11-12-18-43(41)37-44)50-34-36-54-57(40-50)62(3,4)58-38-45-19-13-14-24-51(45)60(59(54)58)64(46-20-7-5-8-21-46)47-22-9-6-10-23-47/h5-22,24-40,47H,23H2,1-4H3. The van der Waals surface area contributed by atoms with Crippen molar-refractivity contribution in [1.82, 2.24) is 0 Å². The number of para-hydroxylation sites is 1. The minimum atomic E-state index is -0.267. The smallest absolute Gasteiger partial charge is 0.0579 e. The van der Waals surface area contributed by atoms with Crippen LogP contribution in [0.1, 0.15) is 56.4 Å². The summed E-state index contributed by atoms with van der Waals surface area (Å²) in [6, 6.07) is 70.5. The van der Waals surface area contributed by atoms with E-state index in [2.05, 4.69) is 250 Å². The van der Waals surface area contributed by atoms with E-state index in [-0.39, 0.29) is 16.9 Å². The monoisotopic (exact) mass is 822 g/mol. The van der Waals surface area contributed by atoms with Crippen molar-refractivity contribution in [3.05, 3.63) is 235 Å². The number of rotatable bonds is 7. The van der Waals surface area contributed by atoms with Gasteiger partial charge in [0, 0.05) is 44.5 Å². The molecule has 1 unspecified atom stereocenters. The quantitative estimate of drug-likeness (QED) is 0.158. The topological polar surface area (TPSA) is 6.48 Å². The Balaban J connectivity index is 1.04. The molecule has 0 heterocycles. The van der Waals surface area contributed by atoms with Crippen LogP contribution >= 0.6 is 0 Å². The summed E-state index contributed by atoms with van der Waals surface area (Å²) in [6.07, 6.45) is 10.00. The number of fused-ring (bicyclic) bond motifs is 8. The lowest BCUT2D eigenvalue weighted by molar-refractivity contribution is 0.660. The highest BCUT2D eigenvalue weighted by Crippen LogP contribution is 2.58. The molecule has 12 rings (SSSR count). The van der Waals surface area contributed by atoms with Crippen molar-refractivity contribution in [3.8, 4) is 33.4 Å². The molecular weight excluding hydrogens is 773 g/mol. The van der Waals surface area contributed by atoms with Crippen molar-refractivity contribution in [2.45, 2.75) is 51.0 Å². The van der Waals surface area contributed by atoms with Crippen LogP contribution in [0.25, 0.3) is 54.9 Å². The number of hydrogen-bond donors (Lipinski definition) is 0. The van der Waals surface area contributed by atoms with Gasteiger partial charge in [-0.25, -0.2) is 0 Å². The third kappa shape index (κ3) is 5.93. The fourth-order valence-corrected chi connectivity index (χ4v) is 11.2. The highest BCUT2D eigenvalue weighted by atomic mass is 15.2. The summed E-state index contributed by atoms with van der Waals surface area (Å²) in [4.78, 5) is 5.09. The molecule has 64 heavy (non-hydrogen) atoms. The van der Waals surface area contributed by atoms with Gasteiger partial charge in [0.25, 0.3) is 0 Å². The van der Waals surface area contributed by atoms with Crippen LogP contribution in [0, 0.1) is 0 Å². The zero-order valence-electron chi connectivity index (χ0n) is 36.9. The number of anilines is 5. The fraction of sp³-hybridized carbons (Fsp3) is 0.129. The van der Waals surface area contributed by atoms with Gasteiger partial charge in [-0.1, -0.05) is 179 Å². The Bertz CT molecular complexity index is 3370. The van der Waals surface area contributed by atoms with Crippen molar-refractivity contribution in [1.29, 1.82) is 0 Å². The van der Waals surface area contributed by atoms with E-state index in [0.717, 1.165) is 23.5 Å². The van der Waals surface area contributed by atoms with Crippen molar-refractivity contribution < 1.29 is 0 Å². The Morgan fingerprint density at radius 3 is 1.80 bits per heavy atom. The molecule has 0 spiro atoms. The lowest BCUT2D eigenvalue weighted by Gasteiger charge is -2.35. The summed E-state index contributed by atoms with van der Waals surface area (Å²) in [5, 5.41) is 5.05. The first-order chi connectivity index (χ1) is 31.3. The maximum Gasteiger partial charge on any atom is 0.0579 e. The highest BCUT2D eigenvalue weighted by Gasteiger charge is 2.41. The normalized spacial score (nSPS) is 16.0. The van der Waals surface area contributed by atoms with Gasteiger partial charge in [-0.15, -0.1) is 0 Å². The number of benzene rings is 9. The minimum Gasteiger partial charge on any atom is -0.333 e. The van der Waals surface area contributed by atoms with E-state index < -0.39 is 0 Å². The molecule has 9 aromatic carbocycles. The molecule has 3 aliphatic rings. The Hall–Kier alpha value is -7.42. The van der Waals surface area contributed by atoms with Gasteiger partial charge in [-0.2, -0.15) is 0 Å².